The second-order valence-electron chi connectivity index (χ2n) is 3.74. The molecular weight excluding hydrogens is 260 g/mol. The van der Waals surface area contributed by atoms with Gasteiger partial charge >= 0.3 is 0 Å². The van der Waals surface area contributed by atoms with Crippen molar-refractivity contribution in [2.24, 2.45) is 0 Å². The molecule has 0 saturated carbocycles. The van der Waals surface area contributed by atoms with Crippen molar-refractivity contribution < 1.29 is 0 Å². The highest BCUT2D eigenvalue weighted by atomic mass is 32.2. The highest BCUT2D eigenvalue weighted by molar-refractivity contribution is 7.99. The van der Waals surface area contributed by atoms with E-state index >= 15 is 0 Å². The first kappa shape index (κ1) is 11.7. The number of anilines is 1. The lowest BCUT2D eigenvalue weighted by Gasteiger charge is -2.03. The normalized spacial score (nSPS) is 10.5. The summed E-state index contributed by atoms with van der Waals surface area (Å²) in [6, 6.07) is 13.2. The first-order valence-electron chi connectivity index (χ1n) is 5.56. The third-order valence-corrected chi connectivity index (χ3v) is 3.27. The molecule has 0 saturated heterocycles. The predicted molar refractivity (Wildman–Crippen MR) is 71.9 cm³/mol. The lowest BCUT2D eigenvalue weighted by atomic mass is 10.3. The molecule has 0 bridgehead atoms. The van der Waals surface area contributed by atoms with Crippen LogP contribution in [0.2, 0.25) is 0 Å². The predicted octanol–water partition coefficient (Wildman–Crippen LogP) is 1.79. The van der Waals surface area contributed by atoms with Gasteiger partial charge in [0, 0.05) is 11.9 Å². The van der Waals surface area contributed by atoms with E-state index < -0.39 is 0 Å². The number of para-hydroxylation sites is 1. The Morgan fingerprint density at radius 2 is 1.95 bits per heavy atom. The van der Waals surface area contributed by atoms with Crippen molar-refractivity contribution in [3.63, 3.8) is 0 Å². The summed E-state index contributed by atoms with van der Waals surface area (Å²) in [5, 5.41) is 13.1. The van der Waals surface area contributed by atoms with Crippen LogP contribution in [-0.4, -0.2) is 25.2 Å². The Kier molecular flexibility index (Phi) is 3.11. The Hall–Kier alpha value is -2.41. The Morgan fingerprint density at radius 1 is 1.11 bits per heavy atom. The molecule has 19 heavy (non-hydrogen) atoms. The topological polar surface area (TPSA) is 82.5 Å². The number of rotatable bonds is 3. The minimum absolute atomic E-state index is 0.643. The maximum Gasteiger partial charge on any atom is 0.220 e. The smallest absolute Gasteiger partial charge is 0.220 e. The Morgan fingerprint density at radius 3 is 2.74 bits per heavy atom. The number of benzene rings is 1. The molecule has 0 aliphatic rings. The molecule has 3 rings (SSSR count). The first-order valence-corrected chi connectivity index (χ1v) is 6.38. The van der Waals surface area contributed by atoms with E-state index in [-0.39, 0.29) is 0 Å². The van der Waals surface area contributed by atoms with E-state index in [4.69, 9.17) is 5.73 Å². The minimum atomic E-state index is 0.643. The van der Waals surface area contributed by atoms with Crippen LogP contribution in [0.4, 0.5) is 5.69 Å². The molecule has 0 radical (unpaired) electrons. The summed E-state index contributed by atoms with van der Waals surface area (Å²) in [6.45, 7) is 0. The number of nitrogens with zero attached hydrogens (tertiary/aromatic N) is 5. The van der Waals surface area contributed by atoms with Gasteiger partial charge in [-0.15, -0.1) is 5.10 Å². The van der Waals surface area contributed by atoms with Gasteiger partial charge in [-0.3, -0.25) is 0 Å². The second kappa shape index (κ2) is 5.07. The summed E-state index contributed by atoms with van der Waals surface area (Å²) < 4.78 is 1.66. The first-order chi connectivity index (χ1) is 9.33. The van der Waals surface area contributed by atoms with E-state index in [1.54, 1.807) is 23.0 Å². The monoisotopic (exact) mass is 270 g/mol. The molecular formula is C12H10N6S. The van der Waals surface area contributed by atoms with Gasteiger partial charge in [-0.25, -0.2) is 4.98 Å². The van der Waals surface area contributed by atoms with Crippen molar-refractivity contribution >= 4 is 17.4 Å². The summed E-state index contributed by atoms with van der Waals surface area (Å²) in [4.78, 5) is 4.22. The van der Waals surface area contributed by atoms with Gasteiger partial charge in [-0.1, -0.05) is 18.2 Å². The van der Waals surface area contributed by atoms with E-state index in [1.807, 2.05) is 30.3 Å². The molecule has 0 atom stereocenters. The summed E-state index contributed by atoms with van der Waals surface area (Å²) in [7, 11) is 0. The maximum atomic E-state index is 5.72. The quantitative estimate of drug-likeness (QED) is 0.781. The molecule has 0 amide bonds. The number of aromatic nitrogens is 5. The lowest BCUT2D eigenvalue weighted by Crippen LogP contribution is -1.98. The fraction of sp³-hybridized carbons (Fsp3) is 0. The zero-order valence-electron chi connectivity index (χ0n) is 9.84. The Balaban J connectivity index is 1.93. The molecule has 7 heteroatoms. The fourth-order valence-electron chi connectivity index (χ4n) is 1.55. The fourth-order valence-corrected chi connectivity index (χ4v) is 2.35. The zero-order valence-corrected chi connectivity index (χ0v) is 10.7. The average molecular weight is 270 g/mol. The van der Waals surface area contributed by atoms with E-state index in [0.29, 0.717) is 10.8 Å². The Bertz CT molecular complexity index is 681. The summed E-state index contributed by atoms with van der Waals surface area (Å²) >= 11 is 1.37. The molecule has 0 fully saturated rings. The van der Waals surface area contributed by atoms with Crippen molar-refractivity contribution in [1.29, 1.82) is 0 Å². The largest absolute Gasteiger partial charge is 0.399 e. The molecule has 6 nitrogen and oxygen atoms in total. The van der Waals surface area contributed by atoms with Crippen LogP contribution in [0.5, 0.6) is 0 Å². The number of hydrogen-bond donors (Lipinski definition) is 1. The van der Waals surface area contributed by atoms with E-state index in [9.17, 15) is 0 Å². The zero-order chi connectivity index (χ0) is 13.1. The van der Waals surface area contributed by atoms with Gasteiger partial charge in [0.05, 0.1) is 5.69 Å². The van der Waals surface area contributed by atoms with Gasteiger partial charge in [0.2, 0.25) is 5.16 Å². The molecule has 0 aliphatic carbocycles. The molecule has 2 N–H and O–H groups in total. The van der Waals surface area contributed by atoms with Crippen molar-refractivity contribution in [2.75, 3.05) is 5.73 Å². The van der Waals surface area contributed by atoms with E-state index in [0.717, 1.165) is 10.7 Å². The van der Waals surface area contributed by atoms with Crippen LogP contribution < -0.4 is 5.73 Å². The molecule has 0 aliphatic heterocycles. The molecule has 94 valence electrons. The summed E-state index contributed by atoms with van der Waals surface area (Å²) in [5.74, 6) is 0. The van der Waals surface area contributed by atoms with Crippen LogP contribution in [-0.2, 0) is 0 Å². The number of hydrogen-bond acceptors (Lipinski definition) is 6. The van der Waals surface area contributed by atoms with Crippen molar-refractivity contribution in [2.45, 2.75) is 10.2 Å². The SMILES string of the molecule is Nc1ccnc(Sc2nnnn2-c2ccccc2)c1. The maximum absolute atomic E-state index is 5.72. The van der Waals surface area contributed by atoms with Gasteiger partial charge < -0.3 is 5.73 Å². The van der Waals surface area contributed by atoms with Crippen LogP contribution >= 0.6 is 11.8 Å². The number of nitrogen functional groups attached to an aromatic ring is 1. The van der Waals surface area contributed by atoms with Crippen molar-refractivity contribution in [3.05, 3.63) is 48.7 Å². The van der Waals surface area contributed by atoms with E-state index in [2.05, 4.69) is 20.5 Å². The van der Waals surface area contributed by atoms with Crippen molar-refractivity contribution in [1.82, 2.24) is 25.2 Å². The number of nitrogens with two attached hydrogens (primary N) is 1. The number of pyridine rings is 1. The minimum Gasteiger partial charge on any atom is -0.399 e. The molecule has 0 unspecified atom stereocenters. The highest BCUT2D eigenvalue weighted by Gasteiger charge is 2.10. The van der Waals surface area contributed by atoms with Gasteiger partial charge in [-0.2, -0.15) is 4.68 Å². The van der Waals surface area contributed by atoms with Crippen molar-refractivity contribution in [3.8, 4) is 5.69 Å². The average Bonchev–Trinajstić information content (AvgIpc) is 2.88. The van der Waals surface area contributed by atoms with E-state index in [1.165, 1.54) is 11.8 Å². The summed E-state index contributed by atoms with van der Waals surface area (Å²) in [5.41, 5.74) is 7.29. The van der Waals surface area contributed by atoms with Gasteiger partial charge in [-0.05, 0) is 46.5 Å². The van der Waals surface area contributed by atoms with Gasteiger partial charge in [0.1, 0.15) is 5.03 Å². The van der Waals surface area contributed by atoms with Crippen LogP contribution in [0.3, 0.4) is 0 Å². The molecule has 3 aromatic rings. The van der Waals surface area contributed by atoms with Crippen LogP contribution in [0.15, 0.2) is 58.8 Å². The van der Waals surface area contributed by atoms with Crippen LogP contribution in [0.1, 0.15) is 0 Å². The van der Waals surface area contributed by atoms with Gasteiger partial charge in [0.15, 0.2) is 0 Å². The third-order valence-electron chi connectivity index (χ3n) is 2.40. The third kappa shape index (κ3) is 2.55. The molecule has 1 aromatic carbocycles. The molecule has 0 spiro atoms. The molecule has 2 aromatic heterocycles. The Labute approximate surface area is 113 Å². The standard InChI is InChI=1S/C12H10N6S/c13-9-6-7-14-11(8-9)19-12-15-16-17-18(12)10-4-2-1-3-5-10/h1-8H,(H2,13,14). The number of tetrazole rings is 1. The van der Waals surface area contributed by atoms with Gasteiger partial charge in [0.25, 0.3) is 0 Å². The molecule has 2 heterocycles. The van der Waals surface area contributed by atoms with Crippen LogP contribution in [0.25, 0.3) is 5.69 Å². The highest BCUT2D eigenvalue weighted by Crippen LogP contribution is 2.25. The summed E-state index contributed by atoms with van der Waals surface area (Å²) in [6.07, 6.45) is 1.66. The lowest BCUT2D eigenvalue weighted by molar-refractivity contribution is 0.756. The second-order valence-corrected chi connectivity index (χ2v) is 4.73. The van der Waals surface area contributed by atoms with Crippen LogP contribution in [0, 0.1) is 0 Å².